The van der Waals surface area contributed by atoms with Crippen LogP contribution in [0.15, 0.2) is 137 Å². The lowest BCUT2D eigenvalue weighted by Gasteiger charge is -2.32. The van der Waals surface area contributed by atoms with Crippen molar-refractivity contribution in [1.82, 2.24) is 0 Å². The molecule has 0 bridgehead atoms. The summed E-state index contributed by atoms with van der Waals surface area (Å²) in [4.78, 5) is 9.94. The predicted molar refractivity (Wildman–Crippen MR) is 157 cm³/mol. The second kappa shape index (κ2) is 9.16. The molecule has 6 aromatic rings. The summed E-state index contributed by atoms with van der Waals surface area (Å²) in [6.07, 6.45) is -0.345. The number of thiophene rings is 1. The molecule has 0 N–H and O–H groups in total. The van der Waals surface area contributed by atoms with Gasteiger partial charge >= 0.3 is 0 Å². The van der Waals surface area contributed by atoms with Gasteiger partial charge in [-0.25, -0.2) is 0 Å². The first kappa shape index (κ1) is 21.7. The molecule has 0 saturated heterocycles. The normalized spacial score (nSPS) is 15.3. The Hall–Kier alpha value is -4.54. The molecule has 0 fully saturated rings. The van der Waals surface area contributed by atoms with Crippen LogP contribution in [0.5, 0.6) is 0 Å². The highest BCUT2D eigenvalue weighted by Crippen LogP contribution is 2.42. The lowest BCUT2D eigenvalue weighted by atomic mass is 9.96. The monoisotopic (exact) mass is 492 g/mol. The largest absolute Gasteiger partial charge is 0.438 e. The van der Waals surface area contributed by atoms with Gasteiger partial charge in [-0.2, -0.15) is 0 Å². The highest BCUT2D eigenvalue weighted by Gasteiger charge is 2.17. The predicted octanol–water partition coefficient (Wildman–Crippen LogP) is 9.00. The van der Waals surface area contributed by atoms with E-state index >= 15 is 0 Å². The average molecular weight is 493 g/mol. The van der Waals surface area contributed by atoms with Gasteiger partial charge in [-0.05, 0) is 46.0 Å². The summed E-state index contributed by atoms with van der Waals surface area (Å²) in [5.74, 6) is 1.41. The summed E-state index contributed by atoms with van der Waals surface area (Å²) in [6, 6.07) is 44.1. The van der Waals surface area contributed by atoms with Crippen LogP contribution >= 0.6 is 11.3 Å². The van der Waals surface area contributed by atoms with Crippen molar-refractivity contribution in [2.24, 2.45) is 9.98 Å². The minimum atomic E-state index is -0.345. The molecule has 1 atom stereocenters. The molecule has 7 rings (SSSR count). The molecule has 3 nitrogen and oxygen atoms in total. The molecule has 0 radical (unpaired) electrons. The van der Waals surface area contributed by atoms with Crippen LogP contribution in [0.4, 0.5) is 0 Å². The van der Waals surface area contributed by atoms with E-state index < -0.39 is 0 Å². The number of fused-ring (bicyclic) bond motifs is 3. The van der Waals surface area contributed by atoms with Gasteiger partial charge in [-0.15, -0.1) is 11.3 Å². The summed E-state index contributed by atoms with van der Waals surface area (Å²) in [6.45, 7) is 0. The number of nitrogens with zero attached hydrogens (tertiary/aromatic N) is 3. The van der Waals surface area contributed by atoms with Crippen LogP contribution in [-0.2, 0) is 0 Å². The van der Waals surface area contributed by atoms with Crippen LogP contribution in [-0.4, -0.2) is 11.7 Å². The van der Waals surface area contributed by atoms with Crippen molar-refractivity contribution >= 4 is 43.2 Å². The molecule has 0 spiro atoms. The second-order valence-corrected chi connectivity index (χ2v) is 10.1. The van der Waals surface area contributed by atoms with Crippen LogP contribution in [0.2, 0.25) is 0 Å². The summed E-state index contributed by atoms with van der Waals surface area (Å²) in [5.41, 5.74) is 5.42. The van der Waals surface area contributed by atoms with Gasteiger partial charge in [0.15, 0.2) is 0 Å². The summed E-state index contributed by atoms with van der Waals surface area (Å²) in [7, 11) is 0. The maximum atomic E-state index is 5.06. The van der Waals surface area contributed by atoms with Gasteiger partial charge in [0.2, 0.25) is 0 Å². The molecule has 2 heterocycles. The molecular weight excluding hydrogens is 470 g/mol. The van der Waals surface area contributed by atoms with Crippen LogP contribution in [0.3, 0.4) is 0 Å². The van der Waals surface area contributed by atoms with E-state index in [4.69, 9.17) is 15.3 Å². The Morgan fingerprint density at radius 1 is 0.595 bits per heavy atom. The fourth-order valence-electron chi connectivity index (χ4n) is 4.89. The Morgan fingerprint density at radius 2 is 1.24 bits per heavy atom. The first-order valence-electron chi connectivity index (χ1n) is 12.3. The van der Waals surface area contributed by atoms with Gasteiger partial charge in [0.05, 0.1) is 12.0 Å². The summed E-state index contributed by atoms with van der Waals surface area (Å²) in [5, 5.41) is 7.62. The minimum absolute atomic E-state index is 0.345. The van der Waals surface area contributed by atoms with Gasteiger partial charge in [-0.3, -0.25) is 4.99 Å². The minimum Gasteiger partial charge on any atom is -0.438 e. The lowest BCUT2D eigenvalue weighted by molar-refractivity contribution is 0.878. The van der Waals surface area contributed by atoms with E-state index in [1.807, 2.05) is 47.7 Å². The molecule has 1 aromatic heterocycles. The Bertz CT molecular complexity index is 1790. The third-order valence-corrected chi connectivity index (χ3v) is 7.77. The number of hydrogen-bond acceptors (Lipinski definition) is 3. The fourth-order valence-corrected chi connectivity index (χ4v) is 6.06. The molecule has 4 heteroatoms. The molecule has 176 valence electrons. The van der Waals surface area contributed by atoms with Crippen LogP contribution < -0.4 is 0 Å². The zero-order chi connectivity index (χ0) is 24.6. The van der Waals surface area contributed by atoms with E-state index in [1.165, 1.54) is 31.3 Å². The molecular formula is C33H22N3S-. The zero-order valence-corrected chi connectivity index (χ0v) is 20.8. The highest BCUT2D eigenvalue weighted by molar-refractivity contribution is 7.26. The van der Waals surface area contributed by atoms with Gasteiger partial charge in [0.1, 0.15) is 0 Å². The zero-order valence-electron chi connectivity index (χ0n) is 20.0. The van der Waals surface area contributed by atoms with Gasteiger partial charge in [-0.1, -0.05) is 115 Å². The quantitative estimate of drug-likeness (QED) is 0.235. The van der Waals surface area contributed by atoms with E-state index in [0.29, 0.717) is 11.7 Å². The average Bonchev–Trinajstić information content (AvgIpc) is 3.36. The number of aliphatic imine (C=N–C) groups is 2. The lowest BCUT2D eigenvalue weighted by Crippen LogP contribution is -2.15. The molecule has 5 aromatic carbocycles. The Kier molecular flexibility index (Phi) is 5.38. The summed E-state index contributed by atoms with van der Waals surface area (Å²) >= 11 is 1.82. The molecule has 1 unspecified atom stereocenters. The standard InChI is InChI=1S/C33H22N3S/c1-4-12-22(13-5-1)27-20-25(21-29-30(27)26-18-10-11-19-28(26)37-29)33-35-31(23-14-6-2-7-15-23)34-32(36-33)24-16-8-3-9-17-24/h1-21,31H/q-1. The SMILES string of the molecule is c1ccc(C2=NC(c3ccccc3)[N-]C(c3cc(-c4ccccc4)c4c(c3)sc3ccccc34)=N2)cc1. The first-order valence-corrected chi connectivity index (χ1v) is 13.1. The molecule has 37 heavy (non-hydrogen) atoms. The Balaban J connectivity index is 1.44. The number of benzene rings is 5. The van der Waals surface area contributed by atoms with Crippen molar-refractivity contribution in [1.29, 1.82) is 0 Å². The van der Waals surface area contributed by atoms with E-state index in [9.17, 15) is 0 Å². The molecule has 0 saturated carbocycles. The van der Waals surface area contributed by atoms with Gasteiger partial charge in [0.25, 0.3) is 0 Å². The second-order valence-electron chi connectivity index (χ2n) is 9.03. The van der Waals surface area contributed by atoms with Gasteiger partial charge < -0.3 is 10.3 Å². The van der Waals surface area contributed by atoms with Crippen molar-refractivity contribution in [3.8, 4) is 11.1 Å². The van der Waals surface area contributed by atoms with Crippen LogP contribution in [0.1, 0.15) is 22.9 Å². The number of rotatable bonds is 4. The third-order valence-electron chi connectivity index (χ3n) is 6.65. The van der Waals surface area contributed by atoms with E-state index in [-0.39, 0.29) is 6.17 Å². The fraction of sp³-hybridized carbons (Fsp3) is 0.0303. The van der Waals surface area contributed by atoms with Crippen molar-refractivity contribution < 1.29 is 0 Å². The highest BCUT2D eigenvalue weighted by atomic mass is 32.1. The van der Waals surface area contributed by atoms with Crippen LogP contribution in [0, 0.1) is 0 Å². The maximum Gasteiger partial charge on any atom is 0.0822 e. The Morgan fingerprint density at radius 3 is 2.00 bits per heavy atom. The first-order chi connectivity index (χ1) is 18.3. The number of amidine groups is 2. The maximum absolute atomic E-state index is 5.06. The van der Waals surface area contributed by atoms with Crippen LogP contribution in [0.25, 0.3) is 36.6 Å². The molecule has 1 aliphatic rings. The van der Waals surface area contributed by atoms with E-state index in [1.54, 1.807) is 0 Å². The van der Waals surface area contributed by atoms with Gasteiger partial charge in [0, 0.05) is 20.2 Å². The van der Waals surface area contributed by atoms with E-state index in [0.717, 1.165) is 16.7 Å². The van der Waals surface area contributed by atoms with Crippen molar-refractivity contribution in [2.45, 2.75) is 6.17 Å². The molecule has 0 amide bonds. The summed E-state index contributed by atoms with van der Waals surface area (Å²) < 4.78 is 2.51. The van der Waals surface area contributed by atoms with Crippen molar-refractivity contribution in [3.63, 3.8) is 0 Å². The van der Waals surface area contributed by atoms with E-state index in [2.05, 4.69) is 91.0 Å². The molecule has 1 aliphatic heterocycles. The Labute approximate surface area is 219 Å². The molecule has 0 aliphatic carbocycles. The third kappa shape index (κ3) is 4.02. The topological polar surface area (TPSA) is 38.8 Å². The number of hydrogen-bond donors (Lipinski definition) is 0. The van der Waals surface area contributed by atoms with Crippen molar-refractivity contribution in [3.05, 3.63) is 149 Å². The smallest absolute Gasteiger partial charge is 0.0822 e. The van der Waals surface area contributed by atoms with Crippen molar-refractivity contribution in [2.75, 3.05) is 0 Å².